The molecule has 36 heavy (non-hydrogen) atoms. The van der Waals surface area contributed by atoms with Crippen LogP contribution in [0.1, 0.15) is 27.7 Å². The van der Waals surface area contributed by atoms with Gasteiger partial charge in [-0.3, -0.25) is 14.5 Å². The van der Waals surface area contributed by atoms with E-state index in [4.69, 9.17) is 4.74 Å². The number of nitrogens with one attached hydrogen (secondary N) is 2. The van der Waals surface area contributed by atoms with Gasteiger partial charge in [-0.15, -0.1) is 0 Å². The lowest BCUT2D eigenvalue weighted by molar-refractivity contribution is -0.122. The van der Waals surface area contributed by atoms with Crippen molar-refractivity contribution in [1.29, 1.82) is 0 Å². The normalized spacial score (nSPS) is 15.0. The Morgan fingerprint density at radius 1 is 0.917 bits per heavy atom. The quantitative estimate of drug-likeness (QED) is 0.420. The van der Waals surface area contributed by atoms with Crippen molar-refractivity contribution in [3.05, 3.63) is 95.7 Å². The van der Waals surface area contributed by atoms with Gasteiger partial charge in [-0.2, -0.15) is 0 Å². The zero-order valence-corrected chi connectivity index (χ0v) is 20.5. The molecule has 1 aliphatic rings. The highest BCUT2D eigenvalue weighted by Gasteiger charge is 2.32. The molecule has 7 nitrogen and oxygen atoms in total. The van der Waals surface area contributed by atoms with Gasteiger partial charge in [-0.1, -0.05) is 54.6 Å². The predicted molar refractivity (Wildman–Crippen MR) is 141 cm³/mol. The number of rotatable bonds is 6. The summed E-state index contributed by atoms with van der Waals surface area (Å²) in [4.78, 5) is 34.0. The van der Waals surface area contributed by atoms with Crippen LogP contribution in [0.3, 0.4) is 0 Å². The molecule has 0 spiro atoms. The Morgan fingerprint density at radius 3 is 2.36 bits per heavy atom. The number of hydrogen-bond donors (Lipinski definition) is 2. The number of carbonyl (C=O) groups is 2. The molecule has 2 heterocycles. The number of ether oxygens (including phenoxy) is 1. The van der Waals surface area contributed by atoms with Gasteiger partial charge < -0.3 is 19.9 Å². The van der Waals surface area contributed by atoms with Crippen molar-refractivity contribution in [3.8, 4) is 5.75 Å². The standard InChI is InChI=1S/C29H30N4O3/c1-20-12-13-26(36-2)24(18-20)31-28(34)27(21-8-4-3-5-9-21)32-14-16-33(17-15-32)29(35)25-19-22-10-6-7-11-23(22)30-25/h3-13,18-19,27,30H,14-17H2,1-2H3,(H,31,34). The number of aromatic nitrogens is 1. The number of aryl methyl sites for hydroxylation is 1. The molecule has 0 saturated carbocycles. The number of fused-ring (bicyclic) bond motifs is 1. The second-order valence-corrected chi connectivity index (χ2v) is 9.10. The highest BCUT2D eigenvalue weighted by molar-refractivity contribution is 5.98. The molecule has 5 rings (SSSR count). The highest BCUT2D eigenvalue weighted by Crippen LogP contribution is 2.29. The summed E-state index contributed by atoms with van der Waals surface area (Å²) in [5.74, 6) is 0.478. The highest BCUT2D eigenvalue weighted by atomic mass is 16.5. The van der Waals surface area contributed by atoms with Gasteiger partial charge in [0.1, 0.15) is 17.5 Å². The number of anilines is 1. The van der Waals surface area contributed by atoms with Crippen molar-refractivity contribution in [2.75, 3.05) is 38.6 Å². The summed E-state index contributed by atoms with van der Waals surface area (Å²) in [5.41, 5.74) is 4.14. The van der Waals surface area contributed by atoms with E-state index in [0.717, 1.165) is 22.0 Å². The number of piperazine rings is 1. The maximum Gasteiger partial charge on any atom is 0.270 e. The van der Waals surface area contributed by atoms with E-state index in [9.17, 15) is 9.59 Å². The Balaban J connectivity index is 1.33. The summed E-state index contributed by atoms with van der Waals surface area (Å²) in [6.07, 6.45) is 0. The molecular formula is C29H30N4O3. The molecule has 4 aromatic rings. The second kappa shape index (κ2) is 10.3. The first-order chi connectivity index (χ1) is 17.5. The molecule has 1 aliphatic heterocycles. The van der Waals surface area contributed by atoms with Crippen LogP contribution < -0.4 is 10.1 Å². The predicted octanol–water partition coefficient (Wildman–Crippen LogP) is 4.62. The Bertz CT molecular complexity index is 1340. The monoisotopic (exact) mass is 482 g/mol. The molecule has 1 saturated heterocycles. The van der Waals surface area contributed by atoms with Crippen molar-refractivity contribution in [2.45, 2.75) is 13.0 Å². The van der Waals surface area contributed by atoms with Gasteiger partial charge in [0.15, 0.2) is 0 Å². The molecule has 0 aliphatic carbocycles. The number of benzene rings is 3. The van der Waals surface area contributed by atoms with Crippen molar-refractivity contribution in [2.24, 2.45) is 0 Å². The maximum absolute atomic E-state index is 13.6. The summed E-state index contributed by atoms with van der Waals surface area (Å²) < 4.78 is 5.46. The van der Waals surface area contributed by atoms with Crippen LogP contribution in [0.25, 0.3) is 10.9 Å². The zero-order valence-electron chi connectivity index (χ0n) is 20.5. The van der Waals surface area contributed by atoms with E-state index in [0.29, 0.717) is 43.3 Å². The molecule has 1 fully saturated rings. The first kappa shape index (κ1) is 23.6. The number of carbonyl (C=O) groups excluding carboxylic acids is 2. The Hall–Kier alpha value is -4.10. The minimum Gasteiger partial charge on any atom is -0.495 e. The molecule has 7 heteroatoms. The average molecular weight is 483 g/mol. The minimum absolute atomic E-state index is 0.0175. The van der Waals surface area contributed by atoms with Crippen molar-refractivity contribution in [1.82, 2.24) is 14.8 Å². The van der Waals surface area contributed by atoms with E-state index < -0.39 is 6.04 Å². The Morgan fingerprint density at radius 2 is 1.64 bits per heavy atom. The molecule has 0 radical (unpaired) electrons. The molecule has 1 atom stereocenters. The fourth-order valence-electron chi connectivity index (χ4n) is 4.83. The minimum atomic E-state index is -0.484. The van der Waals surface area contributed by atoms with E-state index in [1.807, 2.05) is 90.7 Å². The number of methoxy groups -OCH3 is 1. The molecule has 2 amide bonds. The first-order valence-corrected chi connectivity index (χ1v) is 12.1. The third kappa shape index (κ3) is 4.83. The average Bonchev–Trinajstić information content (AvgIpc) is 3.34. The van der Waals surface area contributed by atoms with Crippen LogP contribution in [0, 0.1) is 6.92 Å². The number of nitrogens with zero attached hydrogens (tertiary/aromatic N) is 2. The van der Waals surface area contributed by atoms with Crippen LogP contribution in [0.5, 0.6) is 5.75 Å². The number of H-pyrrole nitrogens is 1. The smallest absolute Gasteiger partial charge is 0.270 e. The van der Waals surface area contributed by atoms with E-state index in [-0.39, 0.29) is 11.8 Å². The lowest BCUT2D eigenvalue weighted by Gasteiger charge is -2.38. The zero-order chi connectivity index (χ0) is 25.1. The topological polar surface area (TPSA) is 77.7 Å². The molecule has 0 bridgehead atoms. The number of amides is 2. The van der Waals surface area contributed by atoms with Gasteiger partial charge >= 0.3 is 0 Å². The van der Waals surface area contributed by atoms with Crippen molar-refractivity contribution in [3.63, 3.8) is 0 Å². The summed E-state index contributed by atoms with van der Waals surface area (Å²) in [5, 5.41) is 4.10. The van der Waals surface area contributed by atoms with E-state index >= 15 is 0 Å². The van der Waals surface area contributed by atoms with E-state index in [1.165, 1.54) is 0 Å². The third-order valence-electron chi connectivity index (χ3n) is 6.70. The van der Waals surface area contributed by atoms with Gasteiger partial charge in [0, 0.05) is 37.1 Å². The lowest BCUT2D eigenvalue weighted by atomic mass is 10.0. The molecule has 184 valence electrons. The SMILES string of the molecule is COc1ccc(C)cc1NC(=O)C(c1ccccc1)N1CCN(C(=O)c2cc3ccccc3[nH]2)CC1. The summed E-state index contributed by atoms with van der Waals surface area (Å²) in [7, 11) is 1.60. The van der Waals surface area contributed by atoms with Crippen LogP contribution in [-0.4, -0.2) is 59.9 Å². The molecule has 1 aromatic heterocycles. The number of hydrogen-bond acceptors (Lipinski definition) is 4. The largest absolute Gasteiger partial charge is 0.495 e. The van der Waals surface area contributed by atoms with E-state index in [2.05, 4.69) is 15.2 Å². The first-order valence-electron chi connectivity index (χ1n) is 12.1. The van der Waals surface area contributed by atoms with Crippen molar-refractivity contribution < 1.29 is 14.3 Å². The van der Waals surface area contributed by atoms with Gasteiger partial charge in [0.05, 0.1) is 12.8 Å². The third-order valence-corrected chi connectivity index (χ3v) is 6.70. The van der Waals surface area contributed by atoms with E-state index in [1.54, 1.807) is 7.11 Å². The van der Waals surface area contributed by atoms with Crippen LogP contribution >= 0.6 is 0 Å². The number of aromatic amines is 1. The maximum atomic E-state index is 13.6. The Kier molecular flexibility index (Phi) is 6.73. The summed E-state index contributed by atoms with van der Waals surface area (Å²) in [6.45, 7) is 4.23. The summed E-state index contributed by atoms with van der Waals surface area (Å²) in [6, 6.07) is 24.8. The van der Waals surface area contributed by atoms with Crippen LogP contribution in [0.4, 0.5) is 5.69 Å². The summed E-state index contributed by atoms with van der Waals surface area (Å²) >= 11 is 0. The molecular weight excluding hydrogens is 452 g/mol. The van der Waals surface area contributed by atoms with Crippen LogP contribution in [-0.2, 0) is 4.79 Å². The molecule has 2 N–H and O–H groups in total. The molecule has 3 aromatic carbocycles. The molecule has 1 unspecified atom stereocenters. The number of para-hydroxylation sites is 1. The lowest BCUT2D eigenvalue weighted by Crippen LogP contribution is -2.51. The van der Waals surface area contributed by atoms with Gasteiger partial charge in [0.25, 0.3) is 5.91 Å². The second-order valence-electron chi connectivity index (χ2n) is 9.10. The van der Waals surface area contributed by atoms with Gasteiger partial charge in [-0.05, 0) is 42.3 Å². The van der Waals surface area contributed by atoms with Gasteiger partial charge in [0.2, 0.25) is 5.91 Å². The van der Waals surface area contributed by atoms with Gasteiger partial charge in [-0.25, -0.2) is 0 Å². The fraction of sp³-hybridized carbons (Fsp3) is 0.241. The Labute approximate surface area is 210 Å². The van der Waals surface area contributed by atoms with Crippen LogP contribution in [0.15, 0.2) is 78.9 Å². The van der Waals surface area contributed by atoms with Crippen molar-refractivity contribution >= 4 is 28.4 Å². The fourth-order valence-corrected chi connectivity index (χ4v) is 4.83. The van der Waals surface area contributed by atoms with Crippen LogP contribution in [0.2, 0.25) is 0 Å².